The van der Waals surface area contributed by atoms with Crippen molar-refractivity contribution in [1.82, 2.24) is 0 Å². The zero-order valence-corrected chi connectivity index (χ0v) is 10.1. The summed E-state index contributed by atoms with van der Waals surface area (Å²) in [6.07, 6.45) is -4.62. The first-order valence-corrected chi connectivity index (χ1v) is 5.27. The van der Waals surface area contributed by atoms with Crippen molar-refractivity contribution in [2.45, 2.75) is 18.0 Å². The molecule has 96 valence electrons. The zero-order valence-electron chi connectivity index (χ0n) is 9.21. The number of benzene rings is 1. The van der Waals surface area contributed by atoms with Crippen LogP contribution in [0.3, 0.4) is 0 Å². The highest BCUT2D eigenvalue weighted by Crippen LogP contribution is 2.33. The number of nitrogens with zero attached hydrogens (tertiary/aromatic N) is 1. The summed E-state index contributed by atoms with van der Waals surface area (Å²) in [5.74, 6) is -0.976. The number of halogens is 3. The predicted octanol–water partition coefficient (Wildman–Crippen LogP) is 3.04. The third kappa shape index (κ3) is 2.96. The van der Waals surface area contributed by atoms with Gasteiger partial charge in [0.25, 0.3) is 0 Å². The molecular formula is C11H8F3NO2S. The highest BCUT2D eigenvalue weighted by atomic mass is 32.1. The molecule has 1 aromatic rings. The molecule has 1 aromatic carbocycles. The van der Waals surface area contributed by atoms with E-state index in [1.807, 2.05) is 0 Å². The fourth-order valence-electron chi connectivity index (χ4n) is 1.28. The largest absolute Gasteiger partial charge is 0.462 e. The molecule has 0 aliphatic heterocycles. The minimum Gasteiger partial charge on any atom is -0.462 e. The van der Waals surface area contributed by atoms with Crippen LogP contribution in [0.4, 0.5) is 13.2 Å². The van der Waals surface area contributed by atoms with Crippen molar-refractivity contribution in [3.05, 3.63) is 28.8 Å². The molecule has 0 aliphatic carbocycles. The molecule has 0 N–H and O–H groups in total. The van der Waals surface area contributed by atoms with Crippen molar-refractivity contribution in [2.75, 3.05) is 6.61 Å². The van der Waals surface area contributed by atoms with Crippen LogP contribution < -0.4 is 0 Å². The average Bonchev–Trinajstić information content (AvgIpc) is 2.27. The fraction of sp³-hybridized carbons (Fsp3) is 0.273. The van der Waals surface area contributed by atoms with Gasteiger partial charge in [0.15, 0.2) is 0 Å². The first-order valence-electron chi connectivity index (χ1n) is 4.82. The summed E-state index contributed by atoms with van der Waals surface area (Å²) in [4.78, 5) is 11.3. The summed E-state index contributed by atoms with van der Waals surface area (Å²) in [7, 11) is 0. The summed E-state index contributed by atoms with van der Waals surface area (Å²) in [5, 5.41) is 8.82. The van der Waals surface area contributed by atoms with Gasteiger partial charge in [-0.25, -0.2) is 4.79 Å². The molecule has 0 saturated heterocycles. The molecule has 7 heteroatoms. The van der Waals surface area contributed by atoms with E-state index >= 15 is 0 Å². The molecule has 0 unspecified atom stereocenters. The van der Waals surface area contributed by atoms with E-state index in [1.54, 1.807) is 6.07 Å². The number of carbonyl (C=O) groups excluding carboxylic acids is 1. The van der Waals surface area contributed by atoms with Crippen molar-refractivity contribution < 1.29 is 22.7 Å². The van der Waals surface area contributed by atoms with Crippen LogP contribution >= 0.6 is 12.6 Å². The van der Waals surface area contributed by atoms with Crippen molar-refractivity contribution in [3.8, 4) is 6.07 Å². The number of ether oxygens (including phenoxy) is 1. The summed E-state index contributed by atoms with van der Waals surface area (Å²) in [5.41, 5.74) is -1.71. The van der Waals surface area contributed by atoms with Crippen molar-refractivity contribution in [3.63, 3.8) is 0 Å². The van der Waals surface area contributed by atoms with Crippen LogP contribution in [0.15, 0.2) is 17.0 Å². The number of hydrogen-bond donors (Lipinski definition) is 1. The quantitative estimate of drug-likeness (QED) is 0.666. The average molecular weight is 275 g/mol. The van der Waals surface area contributed by atoms with Gasteiger partial charge in [-0.3, -0.25) is 0 Å². The molecule has 3 nitrogen and oxygen atoms in total. The van der Waals surface area contributed by atoms with Crippen molar-refractivity contribution in [2.24, 2.45) is 0 Å². The molecule has 0 amide bonds. The van der Waals surface area contributed by atoms with Gasteiger partial charge in [-0.05, 0) is 19.1 Å². The fourth-order valence-corrected chi connectivity index (χ4v) is 1.59. The molecule has 0 fully saturated rings. The predicted molar refractivity (Wildman–Crippen MR) is 59.4 cm³/mol. The van der Waals surface area contributed by atoms with Crippen LogP contribution in [0.25, 0.3) is 0 Å². The van der Waals surface area contributed by atoms with Crippen molar-refractivity contribution in [1.29, 1.82) is 5.26 Å². The standard InChI is InChI=1S/C11H8F3NO2S/c1-2-17-10(16)7-3-6(11(12,13)14)4-9(18)8(7)5-15/h3-4,18H,2H2,1H3. The van der Waals surface area contributed by atoms with E-state index in [2.05, 4.69) is 17.4 Å². The highest BCUT2D eigenvalue weighted by Gasteiger charge is 2.33. The Balaban J connectivity index is 3.43. The molecule has 0 spiro atoms. The Bertz CT molecular complexity index is 520. The first kappa shape index (κ1) is 14.4. The Labute approximate surface area is 107 Å². The van der Waals surface area contributed by atoms with Gasteiger partial charge in [0.1, 0.15) is 6.07 Å². The highest BCUT2D eigenvalue weighted by molar-refractivity contribution is 7.80. The second-order valence-corrected chi connectivity index (χ2v) is 3.73. The Kier molecular flexibility index (Phi) is 4.24. The van der Waals surface area contributed by atoms with E-state index < -0.39 is 23.3 Å². The lowest BCUT2D eigenvalue weighted by atomic mass is 10.0. The minimum atomic E-state index is -4.62. The molecule has 0 bridgehead atoms. The van der Waals surface area contributed by atoms with Gasteiger partial charge in [0.2, 0.25) is 0 Å². The maximum Gasteiger partial charge on any atom is 0.416 e. The topological polar surface area (TPSA) is 50.1 Å². The van der Waals surface area contributed by atoms with Gasteiger partial charge < -0.3 is 4.74 Å². The molecule has 0 saturated carbocycles. The third-order valence-electron chi connectivity index (χ3n) is 2.05. The maximum atomic E-state index is 12.6. The van der Waals surface area contributed by atoms with Gasteiger partial charge in [-0.15, -0.1) is 12.6 Å². The third-order valence-corrected chi connectivity index (χ3v) is 2.40. The van der Waals surface area contributed by atoms with E-state index in [9.17, 15) is 18.0 Å². The number of rotatable bonds is 2. The van der Waals surface area contributed by atoms with E-state index in [0.29, 0.717) is 12.1 Å². The Morgan fingerprint density at radius 2 is 2.11 bits per heavy atom. The number of carbonyl (C=O) groups is 1. The second kappa shape index (κ2) is 5.31. The van der Waals surface area contributed by atoms with Crippen LogP contribution in [0.2, 0.25) is 0 Å². The zero-order chi connectivity index (χ0) is 13.9. The molecule has 18 heavy (non-hydrogen) atoms. The summed E-state index contributed by atoms with van der Waals surface area (Å²) in [6.45, 7) is 1.51. The monoisotopic (exact) mass is 275 g/mol. The molecule has 1 rings (SSSR count). The Morgan fingerprint density at radius 1 is 1.50 bits per heavy atom. The number of esters is 1. The summed E-state index contributed by atoms with van der Waals surface area (Å²) >= 11 is 3.78. The van der Waals surface area contributed by atoms with E-state index in [0.717, 1.165) is 0 Å². The first-order chi connectivity index (χ1) is 8.31. The lowest BCUT2D eigenvalue weighted by Gasteiger charge is -2.11. The lowest BCUT2D eigenvalue weighted by molar-refractivity contribution is -0.137. The lowest BCUT2D eigenvalue weighted by Crippen LogP contribution is -2.12. The maximum absolute atomic E-state index is 12.6. The Morgan fingerprint density at radius 3 is 2.56 bits per heavy atom. The van der Waals surface area contributed by atoms with Gasteiger partial charge >= 0.3 is 12.1 Å². The van der Waals surface area contributed by atoms with Crippen molar-refractivity contribution >= 4 is 18.6 Å². The molecule has 0 aliphatic rings. The van der Waals surface area contributed by atoms with Gasteiger partial charge in [-0.2, -0.15) is 18.4 Å². The van der Waals surface area contributed by atoms with Gasteiger partial charge in [0.05, 0.1) is 23.3 Å². The Hall–Kier alpha value is -1.68. The molecule has 0 atom stereocenters. The molecular weight excluding hydrogens is 267 g/mol. The summed E-state index contributed by atoms with van der Waals surface area (Å²) in [6, 6.07) is 2.93. The van der Waals surface area contributed by atoms with Crippen LogP contribution in [0, 0.1) is 11.3 Å². The van der Waals surface area contributed by atoms with Crippen LogP contribution in [-0.2, 0) is 10.9 Å². The SMILES string of the molecule is CCOC(=O)c1cc(C(F)(F)F)cc(S)c1C#N. The molecule has 0 radical (unpaired) electrons. The normalized spacial score (nSPS) is 10.9. The summed E-state index contributed by atoms with van der Waals surface area (Å²) < 4.78 is 42.3. The second-order valence-electron chi connectivity index (χ2n) is 3.25. The van der Waals surface area contributed by atoms with E-state index in [4.69, 9.17) is 5.26 Å². The van der Waals surface area contributed by atoms with E-state index in [1.165, 1.54) is 6.92 Å². The number of nitriles is 1. The minimum absolute atomic E-state index is 0.00184. The van der Waals surface area contributed by atoms with E-state index in [-0.39, 0.29) is 17.1 Å². The molecule has 0 heterocycles. The van der Waals surface area contributed by atoms with Gasteiger partial charge in [0, 0.05) is 4.90 Å². The number of hydrogen-bond acceptors (Lipinski definition) is 4. The number of alkyl halides is 3. The molecule has 0 aromatic heterocycles. The number of thiol groups is 1. The van der Waals surface area contributed by atoms with Crippen LogP contribution in [-0.4, -0.2) is 12.6 Å². The van der Waals surface area contributed by atoms with Crippen LogP contribution in [0.5, 0.6) is 0 Å². The smallest absolute Gasteiger partial charge is 0.416 e. The van der Waals surface area contributed by atoms with Crippen LogP contribution in [0.1, 0.15) is 28.4 Å². The van der Waals surface area contributed by atoms with Gasteiger partial charge in [-0.1, -0.05) is 0 Å².